The van der Waals surface area contributed by atoms with Crippen LogP contribution in [0.1, 0.15) is 86.7 Å². The van der Waals surface area contributed by atoms with Crippen LogP contribution < -0.4 is 14.4 Å². The van der Waals surface area contributed by atoms with Gasteiger partial charge in [-0.1, -0.05) is 73.6 Å². The van der Waals surface area contributed by atoms with E-state index in [-0.39, 0.29) is 23.1 Å². The summed E-state index contributed by atoms with van der Waals surface area (Å²) in [7, 11) is 1.33. The van der Waals surface area contributed by atoms with Crippen molar-refractivity contribution in [3.8, 4) is 5.75 Å². The number of benzene rings is 2. The molecule has 3 fully saturated rings. The van der Waals surface area contributed by atoms with Crippen molar-refractivity contribution in [1.29, 1.82) is 0 Å². The zero-order chi connectivity index (χ0) is 37.3. The number of aryl methyl sites for hydroxylation is 1. The number of methoxy groups -OCH3 is 1. The second kappa shape index (κ2) is 16.7. The Morgan fingerprint density at radius 3 is 2.72 bits per heavy atom. The van der Waals surface area contributed by atoms with Crippen molar-refractivity contribution in [3.63, 3.8) is 0 Å². The molecule has 0 spiro atoms. The number of hydrogen-bond donors (Lipinski definition) is 1. The summed E-state index contributed by atoms with van der Waals surface area (Å²) < 4.78 is 31.2. The minimum absolute atomic E-state index is 0.0893. The molecule has 1 saturated carbocycles. The molecule has 2 bridgehead atoms. The van der Waals surface area contributed by atoms with Gasteiger partial charge in [-0.3, -0.25) is 14.6 Å². The normalized spacial score (nSPS) is 34.8. The lowest BCUT2D eigenvalue weighted by molar-refractivity contribution is -0.101. The fraction of sp³-hybridized carbons (Fsp3) is 0.628. The fourth-order valence-corrected chi connectivity index (χ4v) is 11.1. The maximum atomic E-state index is 14.6. The number of allylic oxidation sites excluding steroid dienone is 1. The zero-order valence-corrected chi connectivity index (χ0v) is 33.8. The largest absolute Gasteiger partial charge is 0.491 e. The molecule has 0 aromatic heterocycles. The average Bonchev–Trinajstić information content (AvgIpc) is 3.31. The van der Waals surface area contributed by atoms with Crippen LogP contribution in [-0.4, -0.2) is 104 Å². The first-order valence-electron chi connectivity index (χ1n) is 20.0. The van der Waals surface area contributed by atoms with Gasteiger partial charge in [-0.2, -0.15) is 0 Å². The smallest absolute Gasteiger partial charge is 0.260 e. The van der Waals surface area contributed by atoms with E-state index in [1.165, 1.54) is 11.1 Å². The Balaban J connectivity index is 1.24. The highest BCUT2D eigenvalue weighted by molar-refractivity contribution is 8.13. The molecule has 2 aromatic carbocycles. The second-order valence-corrected chi connectivity index (χ2v) is 18.8. The SMILES string of the molecule is C=S1NC(=O)c2ccc3c(c2)N(CC(c2ccc(Cl)cc2CCC)CO3)CC2CCC2C(CN2CCN3CCC(F)CC3C2)(OC)/C=C/CC(C)C1C. The molecule has 1 N–H and O–H groups in total. The molecule has 1 aliphatic carbocycles. The van der Waals surface area contributed by atoms with Crippen LogP contribution in [0.25, 0.3) is 0 Å². The molecular weight excluding hydrogens is 707 g/mol. The highest BCUT2D eigenvalue weighted by Gasteiger charge is 2.49. The first-order chi connectivity index (χ1) is 25.6. The predicted molar refractivity (Wildman–Crippen MR) is 219 cm³/mol. The summed E-state index contributed by atoms with van der Waals surface area (Å²) in [6, 6.07) is 12.5. The number of anilines is 1. The molecule has 9 atom stereocenters. The highest BCUT2D eigenvalue weighted by atomic mass is 35.5. The van der Waals surface area contributed by atoms with Crippen LogP contribution in [0.5, 0.6) is 5.75 Å². The van der Waals surface area contributed by atoms with Crippen molar-refractivity contribution >= 4 is 39.7 Å². The quantitative estimate of drug-likeness (QED) is 0.237. The third-order valence-corrected chi connectivity index (χ3v) is 15.2. The lowest BCUT2D eigenvalue weighted by Crippen LogP contribution is -2.61. The minimum atomic E-state index is -0.701. The van der Waals surface area contributed by atoms with E-state index in [1.807, 2.05) is 31.4 Å². The first kappa shape index (κ1) is 38.8. The van der Waals surface area contributed by atoms with Crippen LogP contribution in [0.15, 0.2) is 48.6 Å². The van der Waals surface area contributed by atoms with Gasteiger partial charge in [0.1, 0.15) is 17.5 Å². The molecule has 53 heavy (non-hydrogen) atoms. The lowest BCUT2D eigenvalue weighted by atomic mass is 9.63. The average molecular weight is 767 g/mol. The zero-order valence-electron chi connectivity index (χ0n) is 32.2. The summed E-state index contributed by atoms with van der Waals surface area (Å²) in [6.45, 7) is 13.3. The Labute approximate surface area is 324 Å². The standard InChI is InChI=1S/C43H60ClFN4O3S/c1-6-8-31-21-35(44)12-13-38(31)34-25-49-24-33-10-14-39(33)43(51-4,28-47-19-20-48-18-16-36(45)23-37(48)26-47)17-7-9-29(2)30(3)53(5)46-42(50)32-11-15-41(52-27-34)40(49)22-32/h7,11-13,15,17,21-22,29-30,33-34,36-37,39H,5-6,8-10,14,16,18-20,23-28H2,1-4H3,(H,46,50)/b17-7+. The third-order valence-electron chi connectivity index (χ3n) is 13.2. The van der Waals surface area contributed by atoms with Crippen LogP contribution >= 0.6 is 22.3 Å². The summed E-state index contributed by atoms with van der Waals surface area (Å²) in [6.07, 6.45) is 10.4. The van der Waals surface area contributed by atoms with E-state index in [0.717, 1.165) is 94.4 Å². The molecule has 7 nitrogen and oxygen atoms in total. The monoisotopic (exact) mass is 766 g/mol. The van der Waals surface area contributed by atoms with Crippen molar-refractivity contribution in [3.05, 3.63) is 70.3 Å². The maximum Gasteiger partial charge on any atom is 0.260 e. The molecule has 9 unspecified atom stereocenters. The maximum absolute atomic E-state index is 14.6. The number of halogens is 2. The molecule has 10 heteroatoms. The second-order valence-electron chi connectivity index (χ2n) is 16.5. The number of alkyl halides is 1. The number of rotatable bonds is 6. The van der Waals surface area contributed by atoms with Gasteiger partial charge in [-0.25, -0.2) is 4.39 Å². The number of fused-ring (bicyclic) bond motifs is 3. The molecule has 2 saturated heterocycles. The molecule has 290 valence electrons. The number of carbonyl (C=O) groups is 1. The number of nitrogens with one attached hydrogen (secondary N) is 1. The van der Waals surface area contributed by atoms with E-state index in [2.05, 4.69) is 70.3 Å². The van der Waals surface area contributed by atoms with E-state index in [4.69, 9.17) is 21.1 Å². The van der Waals surface area contributed by atoms with Crippen molar-refractivity contribution in [2.45, 2.75) is 94.7 Å². The topological polar surface area (TPSA) is 57.3 Å². The van der Waals surface area contributed by atoms with Gasteiger partial charge in [-0.05, 0) is 97.7 Å². The van der Waals surface area contributed by atoms with Gasteiger partial charge in [-0.15, -0.1) is 0 Å². The summed E-state index contributed by atoms with van der Waals surface area (Å²) in [5.41, 5.74) is 3.71. The van der Waals surface area contributed by atoms with E-state index in [1.54, 1.807) is 0 Å². The summed E-state index contributed by atoms with van der Waals surface area (Å²) in [4.78, 5) is 21.3. The summed E-state index contributed by atoms with van der Waals surface area (Å²) in [5, 5.41) is 0.954. The van der Waals surface area contributed by atoms with Gasteiger partial charge in [0.15, 0.2) is 0 Å². The molecule has 5 aliphatic rings. The van der Waals surface area contributed by atoms with Gasteiger partial charge in [0.2, 0.25) is 0 Å². The molecule has 4 heterocycles. The van der Waals surface area contributed by atoms with Crippen molar-refractivity contribution in [2.24, 2.45) is 17.8 Å². The molecular formula is C43H60ClFN4O3S. The van der Waals surface area contributed by atoms with Crippen molar-refractivity contribution < 1.29 is 18.7 Å². The Hall–Kier alpha value is -2.43. The summed E-state index contributed by atoms with van der Waals surface area (Å²) in [5.74, 6) is 6.30. The van der Waals surface area contributed by atoms with Gasteiger partial charge >= 0.3 is 0 Å². The van der Waals surface area contributed by atoms with Crippen LogP contribution in [0.4, 0.5) is 10.1 Å². The third kappa shape index (κ3) is 8.40. The fourth-order valence-electron chi connectivity index (χ4n) is 9.66. The first-order valence-corrected chi connectivity index (χ1v) is 21.9. The van der Waals surface area contributed by atoms with E-state index < -0.39 is 22.4 Å². The van der Waals surface area contributed by atoms with Gasteiger partial charge in [0.25, 0.3) is 5.91 Å². The Bertz CT molecular complexity index is 1680. The number of amides is 1. The van der Waals surface area contributed by atoms with Crippen LogP contribution in [0, 0.1) is 17.8 Å². The van der Waals surface area contributed by atoms with E-state index >= 15 is 0 Å². The number of nitrogens with zero attached hydrogens (tertiary/aromatic N) is 3. The Morgan fingerprint density at radius 1 is 1.09 bits per heavy atom. The highest BCUT2D eigenvalue weighted by Crippen LogP contribution is 2.48. The molecule has 7 rings (SSSR count). The van der Waals surface area contributed by atoms with Gasteiger partial charge < -0.3 is 19.1 Å². The van der Waals surface area contributed by atoms with Crippen molar-refractivity contribution in [1.82, 2.24) is 14.5 Å². The predicted octanol–water partition coefficient (Wildman–Crippen LogP) is 8.13. The lowest BCUT2D eigenvalue weighted by Gasteiger charge is -2.53. The van der Waals surface area contributed by atoms with Crippen LogP contribution in [0.2, 0.25) is 5.02 Å². The van der Waals surface area contributed by atoms with Crippen LogP contribution in [-0.2, 0) is 11.2 Å². The van der Waals surface area contributed by atoms with E-state index in [0.29, 0.717) is 42.8 Å². The summed E-state index contributed by atoms with van der Waals surface area (Å²) >= 11 is 6.52. The van der Waals surface area contributed by atoms with Gasteiger partial charge in [0, 0.05) is 80.7 Å². The Kier molecular flexibility index (Phi) is 12.3. The molecule has 2 aromatic rings. The molecule has 0 radical (unpaired) electrons. The van der Waals surface area contributed by atoms with Crippen molar-refractivity contribution in [2.75, 3.05) is 64.4 Å². The number of hydrogen-bond acceptors (Lipinski definition) is 6. The van der Waals surface area contributed by atoms with Gasteiger partial charge in [0.05, 0.1) is 12.3 Å². The van der Waals surface area contributed by atoms with E-state index in [9.17, 15) is 9.18 Å². The Morgan fingerprint density at radius 2 is 1.94 bits per heavy atom. The molecule has 1 amide bonds. The number of ether oxygens (including phenoxy) is 2. The number of piperidine rings is 1. The number of piperazine rings is 1. The number of carbonyl (C=O) groups excluding carboxylic acids is 1. The minimum Gasteiger partial charge on any atom is -0.491 e. The molecule has 4 aliphatic heterocycles. The van der Waals surface area contributed by atoms with Crippen LogP contribution in [0.3, 0.4) is 0 Å².